The highest BCUT2D eigenvalue weighted by molar-refractivity contribution is 7.99. The molecule has 1 amide bonds. The number of benzene rings is 2. The number of nitrogens with one attached hydrogen (secondary N) is 1. The lowest BCUT2D eigenvalue weighted by atomic mass is 10.1. The van der Waals surface area contributed by atoms with Crippen LogP contribution in [0.4, 0.5) is 14.5 Å². The zero-order valence-corrected chi connectivity index (χ0v) is 17.7. The molecule has 0 aliphatic carbocycles. The second kappa shape index (κ2) is 8.93. The second-order valence-corrected chi connectivity index (χ2v) is 8.42. The Hall–Kier alpha value is -2.78. The standard InChI is InChI=1S/C21H18F2N4OS2/c1-2-9-27-20(15-11-29-18-6-4-3-5-14(15)18)25-26-21(27)30-12-19(28)24-17-8-7-13(22)10-16(17)23/h3-8,10-11H,2,9,12H2,1H3,(H,24,28). The van der Waals surface area contributed by atoms with Gasteiger partial charge < -0.3 is 9.88 Å². The van der Waals surface area contributed by atoms with Gasteiger partial charge in [0.15, 0.2) is 11.0 Å². The molecule has 1 N–H and O–H groups in total. The van der Waals surface area contributed by atoms with Gasteiger partial charge in [0.1, 0.15) is 11.6 Å². The molecule has 0 aliphatic heterocycles. The highest BCUT2D eigenvalue weighted by atomic mass is 32.2. The number of nitrogens with zero attached hydrogens (tertiary/aromatic N) is 3. The van der Waals surface area contributed by atoms with Crippen molar-refractivity contribution in [2.24, 2.45) is 0 Å². The van der Waals surface area contributed by atoms with Crippen molar-refractivity contribution in [2.45, 2.75) is 25.0 Å². The first-order chi connectivity index (χ1) is 14.6. The molecular formula is C21H18F2N4OS2. The highest BCUT2D eigenvalue weighted by Crippen LogP contribution is 2.34. The molecule has 0 radical (unpaired) electrons. The van der Waals surface area contributed by atoms with Crippen LogP contribution in [-0.2, 0) is 11.3 Å². The Morgan fingerprint density at radius 2 is 2.03 bits per heavy atom. The van der Waals surface area contributed by atoms with Crippen molar-refractivity contribution in [3.63, 3.8) is 0 Å². The van der Waals surface area contributed by atoms with E-state index in [0.29, 0.717) is 11.7 Å². The summed E-state index contributed by atoms with van der Waals surface area (Å²) in [5, 5.41) is 14.9. The fourth-order valence-electron chi connectivity index (χ4n) is 3.08. The van der Waals surface area contributed by atoms with Crippen molar-refractivity contribution in [3.8, 4) is 11.4 Å². The van der Waals surface area contributed by atoms with Crippen LogP contribution in [0.5, 0.6) is 0 Å². The summed E-state index contributed by atoms with van der Waals surface area (Å²) in [5.41, 5.74) is 0.962. The van der Waals surface area contributed by atoms with Crippen molar-refractivity contribution in [2.75, 3.05) is 11.1 Å². The van der Waals surface area contributed by atoms with Crippen molar-refractivity contribution >= 4 is 44.8 Å². The van der Waals surface area contributed by atoms with Crippen molar-refractivity contribution < 1.29 is 13.6 Å². The number of rotatable bonds is 7. The van der Waals surface area contributed by atoms with Crippen LogP contribution in [0, 0.1) is 11.6 Å². The third-order valence-electron chi connectivity index (χ3n) is 4.42. The third-order valence-corrected chi connectivity index (χ3v) is 6.35. The van der Waals surface area contributed by atoms with Gasteiger partial charge in [-0.15, -0.1) is 21.5 Å². The molecule has 2 aromatic heterocycles. The zero-order valence-electron chi connectivity index (χ0n) is 16.1. The molecule has 4 aromatic rings. The number of fused-ring (bicyclic) bond motifs is 1. The lowest BCUT2D eigenvalue weighted by Gasteiger charge is -2.09. The van der Waals surface area contributed by atoms with Gasteiger partial charge in [0.05, 0.1) is 11.4 Å². The fraction of sp³-hybridized carbons (Fsp3) is 0.190. The molecule has 2 aromatic carbocycles. The predicted molar refractivity (Wildman–Crippen MR) is 117 cm³/mol. The quantitative estimate of drug-likeness (QED) is 0.378. The lowest BCUT2D eigenvalue weighted by molar-refractivity contribution is -0.113. The molecule has 0 bridgehead atoms. The molecule has 5 nitrogen and oxygen atoms in total. The molecule has 0 atom stereocenters. The van der Waals surface area contributed by atoms with Gasteiger partial charge in [0.25, 0.3) is 0 Å². The molecule has 9 heteroatoms. The molecule has 0 fully saturated rings. The van der Waals surface area contributed by atoms with E-state index < -0.39 is 17.5 Å². The van der Waals surface area contributed by atoms with Crippen molar-refractivity contribution in [1.82, 2.24) is 14.8 Å². The number of carbonyl (C=O) groups is 1. The second-order valence-electron chi connectivity index (χ2n) is 6.56. The topological polar surface area (TPSA) is 59.8 Å². The number of thiophene rings is 1. The zero-order chi connectivity index (χ0) is 21.1. The van der Waals surface area contributed by atoms with Gasteiger partial charge in [-0.25, -0.2) is 8.78 Å². The monoisotopic (exact) mass is 444 g/mol. The molecule has 30 heavy (non-hydrogen) atoms. The minimum absolute atomic E-state index is 0.0308. The molecular weight excluding hydrogens is 426 g/mol. The minimum Gasteiger partial charge on any atom is -0.323 e. The smallest absolute Gasteiger partial charge is 0.234 e. The average molecular weight is 445 g/mol. The molecule has 0 aliphatic rings. The van der Waals surface area contributed by atoms with Gasteiger partial charge in [-0.3, -0.25) is 4.79 Å². The van der Waals surface area contributed by atoms with Crippen LogP contribution in [0.15, 0.2) is 53.0 Å². The fourth-order valence-corrected chi connectivity index (χ4v) is 4.78. The lowest BCUT2D eigenvalue weighted by Crippen LogP contribution is -2.15. The number of thioether (sulfide) groups is 1. The SMILES string of the molecule is CCCn1c(SCC(=O)Nc2ccc(F)cc2F)nnc1-c1csc2ccccc12. The number of aromatic nitrogens is 3. The first kappa shape index (κ1) is 20.5. The molecule has 0 unspecified atom stereocenters. The largest absolute Gasteiger partial charge is 0.323 e. The molecule has 0 spiro atoms. The summed E-state index contributed by atoms with van der Waals surface area (Å²) in [4.78, 5) is 12.3. The van der Waals surface area contributed by atoms with Crippen LogP contribution in [0.25, 0.3) is 21.5 Å². The van der Waals surface area contributed by atoms with Crippen LogP contribution >= 0.6 is 23.1 Å². The first-order valence-electron chi connectivity index (χ1n) is 9.34. The van der Waals surface area contributed by atoms with E-state index in [9.17, 15) is 13.6 Å². The Morgan fingerprint density at radius 3 is 2.83 bits per heavy atom. The summed E-state index contributed by atoms with van der Waals surface area (Å²) in [6.45, 7) is 2.77. The third kappa shape index (κ3) is 4.22. The molecule has 154 valence electrons. The van der Waals surface area contributed by atoms with E-state index in [1.807, 2.05) is 16.7 Å². The summed E-state index contributed by atoms with van der Waals surface area (Å²) in [7, 11) is 0. The van der Waals surface area contributed by atoms with Crippen LogP contribution in [0.1, 0.15) is 13.3 Å². The van der Waals surface area contributed by atoms with Gasteiger partial charge >= 0.3 is 0 Å². The number of amides is 1. The Kier molecular flexibility index (Phi) is 6.10. The van der Waals surface area contributed by atoms with Crippen LogP contribution in [0.2, 0.25) is 0 Å². The number of anilines is 1. The van der Waals surface area contributed by atoms with Crippen LogP contribution < -0.4 is 5.32 Å². The summed E-state index contributed by atoms with van der Waals surface area (Å²) >= 11 is 2.88. The maximum Gasteiger partial charge on any atom is 0.234 e. The maximum atomic E-state index is 13.7. The molecule has 0 saturated heterocycles. The van der Waals surface area contributed by atoms with Gasteiger partial charge in [-0.05, 0) is 24.6 Å². The Bertz CT molecular complexity index is 1200. The van der Waals surface area contributed by atoms with E-state index in [1.165, 1.54) is 22.5 Å². The van der Waals surface area contributed by atoms with E-state index in [1.54, 1.807) is 11.3 Å². The van der Waals surface area contributed by atoms with Crippen LogP contribution in [0.3, 0.4) is 0 Å². The van der Waals surface area contributed by atoms with E-state index in [-0.39, 0.29) is 11.4 Å². The van der Waals surface area contributed by atoms with Gasteiger partial charge in [0, 0.05) is 33.6 Å². The first-order valence-corrected chi connectivity index (χ1v) is 11.2. The van der Waals surface area contributed by atoms with Gasteiger partial charge in [-0.2, -0.15) is 0 Å². The minimum atomic E-state index is -0.811. The van der Waals surface area contributed by atoms with Crippen molar-refractivity contribution in [1.29, 1.82) is 0 Å². The highest BCUT2D eigenvalue weighted by Gasteiger charge is 2.18. The van der Waals surface area contributed by atoms with E-state index in [0.717, 1.165) is 35.3 Å². The average Bonchev–Trinajstić information content (AvgIpc) is 3.33. The summed E-state index contributed by atoms with van der Waals surface area (Å²) in [5.74, 6) is -1.11. The number of carbonyl (C=O) groups excluding carboxylic acids is 1. The van der Waals surface area contributed by atoms with Crippen molar-refractivity contribution in [3.05, 3.63) is 59.5 Å². The number of hydrogen-bond acceptors (Lipinski definition) is 5. The number of halogens is 2. The number of hydrogen-bond donors (Lipinski definition) is 1. The Labute approximate surface area is 180 Å². The molecule has 2 heterocycles. The molecule has 4 rings (SSSR count). The van der Waals surface area contributed by atoms with Gasteiger partial charge in [0.2, 0.25) is 5.91 Å². The van der Waals surface area contributed by atoms with Gasteiger partial charge in [-0.1, -0.05) is 36.9 Å². The normalized spacial score (nSPS) is 11.2. The van der Waals surface area contributed by atoms with Crippen LogP contribution in [-0.4, -0.2) is 26.4 Å². The summed E-state index contributed by atoms with van der Waals surface area (Å²) in [6.07, 6.45) is 0.883. The Balaban J connectivity index is 1.52. The molecule has 0 saturated carbocycles. The summed E-state index contributed by atoms with van der Waals surface area (Å²) in [6, 6.07) is 11.2. The van der Waals surface area contributed by atoms with E-state index in [4.69, 9.17) is 0 Å². The van der Waals surface area contributed by atoms with E-state index in [2.05, 4.69) is 40.0 Å². The maximum absolute atomic E-state index is 13.7. The summed E-state index contributed by atoms with van der Waals surface area (Å²) < 4.78 is 29.9. The van der Waals surface area contributed by atoms with E-state index >= 15 is 0 Å². The predicted octanol–water partition coefficient (Wildman–Crippen LogP) is 5.58. The Morgan fingerprint density at radius 1 is 1.20 bits per heavy atom.